The van der Waals surface area contributed by atoms with Gasteiger partial charge in [-0.1, -0.05) is 6.07 Å². The second-order valence-corrected chi connectivity index (χ2v) is 6.73. The Hall–Kier alpha value is -2.41. The molecule has 5 nitrogen and oxygen atoms in total. The van der Waals surface area contributed by atoms with Crippen LogP contribution in [0.5, 0.6) is 5.75 Å². The summed E-state index contributed by atoms with van der Waals surface area (Å²) < 4.78 is 18.6. The molecule has 1 aromatic carbocycles. The molecule has 0 aliphatic carbocycles. The number of piperazine rings is 1. The van der Waals surface area contributed by atoms with Crippen molar-refractivity contribution in [3.05, 3.63) is 52.0 Å². The smallest absolute Gasteiger partial charge is 0.264 e. The maximum atomic E-state index is 13.4. The molecule has 25 heavy (non-hydrogen) atoms. The van der Waals surface area contributed by atoms with Gasteiger partial charge in [-0.15, -0.1) is 11.3 Å². The van der Waals surface area contributed by atoms with Gasteiger partial charge in [-0.25, -0.2) is 4.39 Å². The van der Waals surface area contributed by atoms with E-state index in [0.29, 0.717) is 42.4 Å². The summed E-state index contributed by atoms with van der Waals surface area (Å²) >= 11 is 1.42. The molecule has 2 amide bonds. The summed E-state index contributed by atoms with van der Waals surface area (Å²) in [6.07, 6.45) is 0.0831. The topological polar surface area (TPSA) is 49.9 Å². The molecule has 2 aromatic rings. The van der Waals surface area contributed by atoms with E-state index in [-0.39, 0.29) is 18.2 Å². The number of carbonyl (C=O) groups is 2. The first-order valence-electron chi connectivity index (χ1n) is 8.01. The summed E-state index contributed by atoms with van der Waals surface area (Å²) in [4.78, 5) is 29.0. The number of benzene rings is 1. The van der Waals surface area contributed by atoms with Crippen LogP contribution in [0.25, 0.3) is 0 Å². The zero-order valence-electron chi connectivity index (χ0n) is 13.9. The van der Waals surface area contributed by atoms with Crippen molar-refractivity contribution in [1.29, 1.82) is 0 Å². The summed E-state index contributed by atoms with van der Waals surface area (Å²) in [7, 11) is 1.50. The minimum Gasteiger partial charge on any atom is -0.496 e. The molecule has 0 unspecified atom stereocenters. The van der Waals surface area contributed by atoms with E-state index in [1.807, 2.05) is 11.4 Å². The molecule has 2 heterocycles. The summed E-state index contributed by atoms with van der Waals surface area (Å²) in [6.45, 7) is 1.96. The number of methoxy groups -OCH3 is 1. The number of carbonyl (C=O) groups excluding carboxylic acids is 2. The van der Waals surface area contributed by atoms with Gasteiger partial charge in [-0.2, -0.15) is 0 Å². The number of thiophene rings is 1. The maximum Gasteiger partial charge on any atom is 0.264 e. The molecule has 0 atom stereocenters. The number of ether oxygens (including phenoxy) is 1. The fourth-order valence-electron chi connectivity index (χ4n) is 2.88. The zero-order valence-corrected chi connectivity index (χ0v) is 14.7. The molecule has 1 fully saturated rings. The van der Waals surface area contributed by atoms with E-state index in [9.17, 15) is 14.0 Å². The Morgan fingerprint density at radius 3 is 2.52 bits per heavy atom. The summed E-state index contributed by atoms with van der Waals surface area (Å²) in [5, 5.41) is 1.87. The van der Waals surface area contributed by atoms with Crippen LogP contribution >= 0.6 is 11.3 Å². The number of rotatable bonds is 4. The molecule has 1 aliphatic heterocycles. The number of amides is 2. The minimum atomic E-state index is -0.394. The lowest BCUT2D eigenvalue weighted by atomic mass is 10.1. The Labute approximate surface area is 149 Å². The normalized spacial score (nSPS) is 14.5. The van der Waals surface area contributed by atoms with Crippen molar-refractivity contribution < 1.29 is 18.7 Å². The van der Waals surface area contributed by atoms with E-state index >= 15 is 0 Å². The second kappa shape index (κ2) is 7.65. The third kappa shape index (κ3) is 3.99. The van der Waals surface area contributed by atoms with Gasteiger partial charge in [0.1, 0.15) is 11.6 Å². The summed E-state index contributed by atoms with van der Waals surface area (Å²) in [6, 6.07) is 7.81. The molecular formula is C18H19FN2O3S. The van der Waals surface area contributed by atoms with Crippen LogP contribution in [-0.2, 0) is 11.2 Å². The Kier molecular flexibility index (Phi) is 5.33. The van der Waals surface area contributed by atoms with Crippen LogP contribution in [0.2, 0.25) is 0 Å². The molecular weight excluding hydrogens is 343 g/mol. The predicted molar refractivity (Wildman–Crippen MR) is 93.5 cm³/mol. The van der Waals surface area contributed by atoms with Crippen molar-refractivity contribution in [3.8, 4) is 5.75 Å². The Morgan fingerprint density at radius 1 is 1.16 bits per heavy atom. The first kappa shape index (κ1) is 17.4. The monoisotopic (exact) mass is 362 g/mol. The van der Waals surface area contributed by atoms with Crippen molar-refractivity contribution in [2.75, 3.05) is 33.3 Å². The second-order valence-electron chi connectivity index (χ2n) is 5.78. The fraction of sp³-hybridized carbons (Fsp3) is 0.333. The van der Waals surface area contributed by atoms with E-state index < -0.39 is 5.82 Å². The molecule has 0 N–H and O–H groups in total. The summed E-state index contributed by atoms with van der Waals surface area (Å²) in [5.74, 6) is 0.0252. The summed E-state index contributed by atoms with van der Waals surface area (Å²) in [5.41, 5.74) is 0.532. The SMILES string of the molecule is COc1ccc(F)cc1CC(=O)N1CCN(C(=O)c2cccs2)CC1. The van der Waals surface area contributed by atoms with Gasteiger partial charge in [0.2, 0.25) is 5.91 Å². The van der Waals surface area contributed by atoms with Crippen molar-refractivity contribution >= 4 is 23.2 Å². The van der Waals surface area contributed by atoms with E-state index in [1.165, 1.54) is 36.6 Å². The number of hydrogen-bond donors (Lipinski definition) is 0. The van der Waals surface area contributed by atoms with E-state index in [0.717, 1.165) is 0 Å². The maximum absolute atomic E-state index is 13.4. The molecule has 7 heteroatoms. The van der Waals surface area contributed by atoms with Crippen molar-refractivity contribution in [1.82, 2.24) is 9.80 Å². The number of hydrogen-bond acceptors (Lipinski definition) is 4. The van der Waals surface area contributed by atoms with Crippen molar-refractivity contribution in [2.45, 2.75) is 6.42 Å². The molecule has 1 aromatic heterocycles. The van der Waals surface area contributed by atoms with Crippen LogP contribution in [0, 0.1) is 5.82 Å². The lowest BCUT2D eigenvalue weighted by Crippen LogP contribution is -2.50. The van der Waals surface area contributed by atoms with E-state index in [4.69, 9.17) is 4.74 Å². The Bertz CT molecular complexity index is 756. The minimum absolute atomic E-state index is 0.00824. The van der Waals surface area contributed by atoms with Gasteiger partial charge < -0.3 is 14.5 Å². The zero-order chi connectivity index (χ0) is 17.8. The lowest BCUT2D eigenvalue weighted by Gasteiger charge is -2.34. The first-order valence-corrected chi connectivity index (χ1v) is 8.89. The molecule has 0 spiro atoms. The lowest BCUT2D eigenvalue weighted by molar-refractivity contribution is -0.131. The average Bonchev–Trinajstić information content (AvgIpc) is 3.16. The van der Waals surface area contributed by atoms with Gasteiger partial charge in [-0.05, 0) is 29.6 Å². The first-order chi connectivity index (χ1) is 12.1. The van der Waals surface area contributed by atoms with Gasteiger partial charge in [0, 0.05) is 31.7 Å². The highest BCUT2D eigenvalue weighted by Gasteiger charge is 2.25. The van der Waals surface area contributed by atoms with Gasteiger partial charge in [0.15, 0.2) is 0 Å². The molecule has 0 radical (unpaired) electrons. The average molecular weight is 362 g/mol. The van der Waals surface area contributed by atoms with Gasteiger partial charge in [-0.3, -0.25) is 9.59 Å². The molecule has 132 valence electrons. The van der Waals surface area contributed by atoms with Crippen LogP contribution < -0.4 is 4.74 Å². The third-order valence-corrected chi connectivity index (χ3v) is 5.09. The van der Waals surface area contributed by atoms with Crippen LogP contribution in [0.3, 0.4) is 0 Å². The third-order valence-electron chi connectivity index (χ3n) is 4.24. The van der Waals surface area contributed by atoms with E-state index in [2.05, 4.69) is 0 Å². The number of nitrogens with zero attached hydrogens (tertiary/aromatic N) is 2. The Balaban J connectivity index is 1.59. The fourth-order valence-corrected chi connectivity index (χ4v) is 3.57. The molecule has 1 aliphatic rings. The van der Waals surface area contributed by atoms with Gasteiger partial charge >= 0.3 is 0 Å². The van der Waals surface area contributed by atoms with Crippen LogP contribution in [-0.4, -0.2) is 54.9 Å². The molecule has 1 saturated heterocycles. The highest BCUT2D eigenvalue weighted by atomic mass is 32.1. The Morgan fingerprint density at radius 2 is 1.88 bits per heavy atom. The molecule has 0 bridgehead atoms. The quantitative estimate of drug-likeness (QED) is 0.839. The van der Waals surface area contributed by atoms with Gasteiger partial charge in [0.05, 0.1) is 18.4 Å². The van der Waals surface area contributed by atoms with Crippen LogP contribution in [0.4, 0.5) is 4.39 Å². The highest BCUT2D eigenvalue weighted by Crippen LogP contribution is 2.21. The van der Waals surface area contributed by atoms with Crippen molar-refractivity contribution in [2.24, 2.45) is 0 Å². The standard InChI is InChI=1S/C18H19FN2O3S/c1-24-15-5-4-14(19)11-13(15)12-17(22)20-6-8-21(9-7-20)18(23)16-3-2-10-25-16/h2-5,10-11H,6-9,12H2,1H3. The number of halogens is 1. The molecule has 3 rings (SSSR count). The highest BCUT2D eigenvalue weighted by molar-refractivity contribution is 7.12. The van der Waals surface area contributed by atoms with Crippen LogP contribution in [0.1, 0.15) is 15.2 Å². The van der Waals surface area contributed by atoms with Crippen LogP contribution in [0.15, 0.2) is 35.7 Å². The predicted octanol–water partition coefficient (Wildman–Crippen LogP) is 2.42. The molecule has 0 saturated carbocycles. The van der Waals surface area contributed by atoms with Crippen molar-refractivity contribution in [3.63, 3.8) is 0 Å². The largest absolute Gasteiger partial charge is 0.496 e. The van der Waals surface area contributed by atoms with Gasteiger partial charge in [0.25, 0.3) is 5.91 Å². The van der Waals surface area contributed by atoms with E-state index in [1.54, 1.807) is 15.9 Å².